The first-order valence-electron chi connectivity index (χ1n) is 6.54. The monoisotopic (exact) mass is 336 g/mol. The Kier molecular flexibility index (Phi) is 5.47. The van der Waals surface area contributed by atoms with Crippen molar-refractivity contribution in [3.8, 4) is 0 Å². The molecular formula is C17H18BrCl. The molecule has 0 saturated heterocycles. The first-order valence-corrected chi connectivity index (χ1v) is 7.86. The second-order valence-corrected chi connectivity index (χ2v) is 6.17. The van der Waals surface area contributed by atoms with E-state index < -0.39 is 0 Å². The van der Waals surface area contributed by atoms with Gasteiger partial charge in [-0.3, -0.25) is 0 Å². The minimum Gasteiger partial charge on any atom is -0.126 e. The highest BCUT2D eigenvalue weighted by molar-refractivity contribution is 9.10. The van der Waals surface area contributed by atoms with Gasteiger partial charge < -0.3 is 0 Å². The fourth-order valence-electron chi connectivity index (χ4n) is 2.21. The lowest BCUT2D eigenvalue weighted by Crippen LogP contribution is -2.10. The number of rotatable bonds is 5. The van der Waals surface area contributed by atoms with Gasteiger partial charge in [0.2, 0.25) is 0 Å². The fourth-order valence-corrected chi connectivity index (χ4v) is 2.88. The number of benzene rings is 2. The summed E-state index contributed by atoms with van der Waals surface area (Å²) in [5.74, 6) is 1.16. The summed E-state index contributed by atoms with van der Waals surface area (Å²) in [4.78, 5) is 0. The molecule has 2 rings (SSSR count). The van der Waals surface area contributed by atoms with Gasteiger partial charge in [0.15, 0.2) is 0 Å². The minimum absolute atomic E-state index is 0.475. The molecule has 1 atom stereocenters. The van der Waals surface area contributed by atoms with E-state index in [2.05, 4.69) is 65.3 Å². The largest absolute Gasteiger partial charge is 0.126 e. The Bertz CT molecular complexity index is 519. The van der Waals surface area contributed by atoms with Crippen molar-refractivity contribution in [1.29, 1.82) is 0 Å². The van der Waals surface area contributed by atoms with E-state index in [0.29, 0.717) is 11.8 Å². The van der Waals surface area contributed by atoms with Crippen LogP contribution in [0.25, 0.3) is 0 Å². The molecule has 0 aliphatic rings. The van der Waals surface area contributed by atoms with E-state index in [4.69, 9.17) is 11.6 Å². The molecule has 0 amide bonds. The molecule has 1 unspecified atom stereocenters. The summed E-state index contributed by atoms with van der Waals surface area (Å²) in [7, 11) is 0. The van der Waals surface area contributed by atoms with Crippen LogP contribution in [-0.4, -0.2) is 5.88 Å². The molecule has 2 aromatic carbocycles. The van der Waals surface area contributed by atoms with Gasteiger partial charge in [0, 0.05) is 10.4 Å². The third-order valence-corrected chi connectivity index (χ3v) is 4.54. The highest BCUT2D eigenvalue weighted by Gasteiger charge is 2.11. The van der Waals surface area contributed by atoms with Gasteiger partial charge in [0.1, 0.15) is 0 Å². The van der Waals surface area contributed by atoms with Crippen molar-refractivity contribution in [2.75, 3.05) is 5.88 Å². The Morgan fingerprint density at radius 1 is 1.00 bits per heavy atom. The number of alkyl halides is 1. The lowest BCUT2D eigenvalue weighted by atomic mass is 9.94. The van der Waals surface area contributed by atoms with Crippen LogP contribution in [0, 0.1) is 12.8 Å². The van der Waals surface area contributed by atoms with Crippen LogP contribution >= 0.6 is 27.5 Å². The zero-order valence-electron chi connectivity index (χ0n) is 11.1. The topological polar surface area (TPSA) is 0 Å². The smallest absolute Gasteiger partial charge is 0.0258 e. The standard InChI is InChI=1S/C17H18BrCl/c1-13-6-8-14(9-7-13)10-15(12-19)11-16-4-2-3-5-17(16)18/h2-9,15H,10-12H2,1H3. The van der Waals surface area contributed by atoms with Crippen LogP contribution in [0.5, 0.6) is 0 Å². The molecule has 0 heterocycles. The predicted octanol–water partition coefficient (Wildman–Crippen LogP) is 5.40. The number of hydrogen-bond acceptors (Lipinski definition) is 0. The molecular weight excluding hydrogens is 320 g/mol. The minimum atomic E-state index is 0.475. The highest BCUT2D eigenvalue weighted by Crippen LogP contribution is 2.22. The summed E-state index contributed by atoms with van der Waals surface area (Å²) >= 11 is 9.74. The Morgan fingerprint density at radius 2 is 1.68 bits per heavy atom. The molecule has 0 N–H and O–H groups in total. The Hall–Kier alpha value is -0.790. The third-order valence-electron chi connectivity index (χ3n) is 3.33. The lowest BCUT2D eigenvalue weighted by molar-refractivity contribution is 0.583. The molecule has 19 heavy (non-hydrogen) atoms. The summed E-state index contributed by atoms with van der Waals surface area (Å²) in [6, 6.07) is 17.1. The van der Waals surface area contributed by atoms with Crippen molar-refractivity contribution in [1.82, 2.24) is 0 Å². The van der Waals surface area contributed by atoms with Crippen molar-refractivity contribution < 1.29 is 0 Å². The maximum absolute atomic E-state index is 6.14. The van der Waals surface area contributed by atoms with Crippen LogP contribution in [0.2, 0.25) is 0 Å². The first-order chi connectivity index (χ1) is 9.19. The van der Waals surface area contributed by atoms with Crippen molar-refractivity contribution in [2.24, 2.45) is 5.92 Å². The molecule has 0 radical (unpaired) electrons. The van der Waals surface area contributed by atoms with E-state index in [0.717, 1.165) is 12.8 Å². The van der Waals surface area contributed by atoms with Crippen molar-refractivity contribution in [3.05, 3.63) is 69.7 Å². The Morgan fingerprint density at radius 3 is 2.32 bits per heavy atom. The summed E-state index contributed by atoms with van der Waals surface area (Å²) in [5.41, 5.74) is 4.00. The first kappa shape index (κ1) is 14.6. The van der Waals surface area contributed by atoms with Gasteiger partial charge in [-0.1, -0.05) is 64.0 Å². The number of halogens is 2. The number of aryl methyl sites for hydroxylation is 1. The Labute approximate surface area is 128 Å². The summed E-state index contributed by atoms with van der Waals surface area (Å²) in [5, 5.41) is 0. The van der Waals surface area contributed by atoms with Crippen molar-refractivity contribution in [2.45, 2.75) is 19.8 Å². The zero-order chi connectivity index (χ0) is 13.7. The maximum atomic E-state index is 6.14. The van der Waals surface area contributed by atoms with E-state index in [1.807, 2.05) is 6.07 Å². The van der Waals surface area contributed by atoms with Crippen LogP contribution in [0.1, 0.15) is 16.7 Å². The van der Waals surface area contributed by atoms with Crippen molar-refractivity contribution in [3.63, 3.8) is 0 Å². The summed E-state index contributed by atoms with van der Waals surface area (Å²) in [6.45, 7) is 2.11. The van der Waals surface area contributed by atoms with Crippen LogP contribution in [0.15, 0.2) is 53.0 Å². The molecule has 0 saturated carbocycles. The normalized spacial score (nSPS) is 12.4. The molecule has 0 aromatic heterocycles. The van der Waals surface area contributed by atoms with Gasteiger partial charge in [0.05, 0.1) is 0 Å². The average Bonchev–Trinajstić information content (AvgIpc) is 2.43. The van der Waals surface area contributed by atoms with Gasteiger partial charge in [-0.25, -0.2) is 0 Å². The van der Waals surface area contributed by atoms with Crippen molar-refractivity contribution >= 4 is 27.5 Å². The van der Waals surface area contributed by atoms with Gasteiger partial charge in [-0.2, -0.15) is 0 Å². The molecule has 0 spiro atoms. The molecule has 0 bridgehead atoms. The molecule has 2 heteroatoms. The second-order valence-electron chi connectivity index (χ2n) is 5.01. The molecule has 0 aliphatic carbocycles. The van der Waals surface area contributed by atoms with E-state index in [1.165, 1.54) is 21.2 Å². The lowest BCUT2D eigenvalue weighted by Gasteiger charge is -2.15. The van der Waals surface area contributed by atoms with Gasteiger partial charge >= 0.3 is 0 Å². The van der Waals surface area contributed by atoms with Gasteiger partial charge in [-0.05, 0) is 42.9 Å². The predicted molar refractivity (Wildman–Crippen MR) is 86.9 cm³/mol. The van der Waals surface area contributed by atoms with E-state index in [1.54, 1.807) is 0 Å². The second kappa shape index (κ2) is 7.12. The fraction of sp³-hybridized carbons (Fsp3) is 0.294. The Balaban J connectivity index is 2.05. The molecule has 100 valence electrons. The van der Waals surface area contributed by atoms with Crippen LogP contribution < -0.4 is 0 Å². The molecule has 0 fully saturated rings. The SMILES string of the molecule is Cc1ccc(CC(CCl)Cc2ccccc2Br)cc1. The molecule has 2 aromatic rings. The van der Waals surface area contributed by atoms with Crippen LogP contribution in [0.4, 0.5) is 0 Å². The maximum Gasteiger partial charge on any atom is 0.0258 e. The quantitative estimate of drug-likeness (QED) is 0.641. The van der Waals surface area contributed by atoms with E-state index >= 15 is 0 Å². The van der Waals surface area contributed by atoms with E-state index in [9.17, 15) is 0 Å². The van der Waals surface area contributed by atoms with E-state index in [-0.39, 0.29) is 0 Å². The van der Waals surface area contributed by atoms with Crippen LogP contribution in [-0.2, 0) is 12.8 Å². The summed E-state index contributed by atoms with van der Waals surface area (Å²) in [6.07, 6.45) is 2.05. The molecule has 0 aliphatic heterocycles. The third kappa shape index (κ3) is 4.36. The van der Waals surface area contributed by atoms with Gasteiger partial charge in [0.25, 0.3) is 0 Å². The zero-order valence-corrected chi connectivity index (χ0v) is 13.4. The summed E-state index contributed by atoms with van der Waals surface area (Å²) < 4.78 is 1.18. The van der Waals surface area contributed by atoms with Crippen LogP contribution in [0.3, 0.4) is 0 Å². The highest BCUT2D eigenvalue weighted by atomic mass is 79.9. The van der Waals surface area contributed by atoms with Gasteiger partial charge in [-0.15, -0.1) is 11.6 Å². The molecule has 0 nitrogen and oxygen atoms in total. The average molecular weight is 338 g/mol. The number of hydrogen-bond donors (Lipinski definition) is 0.